The van der Waals surface area contributed by atoms with Gasteiger partial charge in [0.25, 0.3) is 5.91 Å². The van der Waals surface area contributed by atoms with E-state index in [1.807, 2.05) is 48.9 Å². The van der Waals surface area contributed by atoms with Crippen molar-refractivity contribution in [1.29, 1.82) is 0 Å². The smallest absolute Gasteiger partial charge is 0.255 e. The molecule has 0 saturated carbocycles. The number of carbonyl (C=O) groups is 1. The molecule has 1 aromatic carbocycles. The van der Waals surface area contributed by atoms with Crippen LogP contribution in [0.1, 0.15) is 32.7 Å². The van der Waals surface area contributed by atoms with Gasteiger partial charge in [-0.05, 0) is 37.4 Å². The zero-order valence-corrected chi connectivity index (χ0v) is 17.6. The average Bonchev–Trinajstić information content (AvgIpc) is 3.38. The van der Waals surface area contributed by atoms with Crippen molar-refractivity contribution in [2.75, 3.05) is 32.8 Å². The number of carbonyl (C=O) groups excluding carboxylic acids is 1. The predicted octanol–water partition coefficient (Wildman–Crippen LogP) is 3.35. The Morgan fingerprint density at radius 3 is 2.62 bits per heavy atom. The minimum absolute atomic E-state index is 0.0722. The van der Waals surface area contributed by atoms with E-state index in [0.717, 1.165) is 43.4 Å². The number of ether oxygens (including phenoxy) is 1. The highest BCUT2D eigenvalue weighted by Crippen LogP contribution is 2.26. The van der Waals surface area contributed by atoms with Gasteiger partial charge in [-0.1, -0.05) is 24.3 Å². The maximum absolute atomic E-state index is 13.1. The summed E-state index contributed by atoms with van der Waals surface area (Å²) in [5.74, 6) is -0.0722. The fourth-order valence-electron chi connectivity index (χ4n) is 3.85. The number of nitrogens with one attached hydrogen (secondary N) is 1. The summed E-state index contributed by atoms with van der Waals surface area (Å²) in [7, 11) is 0. The lowest BCUT2D eigenvalue weighted by Gasteiger charge is -2.34. The van der Waals surface area contributed by atoms with E-state index < -0.39 is 0 Å². The van der Waals surface area contributed by atoms with Gasteiger partial charge >= 0.3 is 0 Å². The third-order valence-electron chi connectivity index (χ3n) is 5.33. The van der Waals surface area contributed by atoms with E-state index >= 15 is 0 Å². The van der Waals surface area contributed by atoms with E-state index in [0.29, 0.717) is 12.1 Å². The molecule has 0 spiro atoms. The zero-order valence-electron chi connectivity index (χ0n) is 16.8. The molecule has 1 fully saturated rings. The molecule has 6 nitrogen and oxygen atoms in total. The first kappa shape index (κ1) is 19.8. The van der Waals surface area contributed by atoms with E-state index in [1.54, 1.807) is 11.3 Å². The third-order valence-corrected chi connectivity index (χ3v) is 6.31. The number of rotatable bonds is 6. The molecule has 0 radical (unpaired) electrons. The fraction of sp³-hybridized carbons (Fsp3) is 0.364. The van der Waals surface area contributed by atoms with Gasteiger partial charge in [0.05, 0.1) is 41.9 Å². The molecule has 29 heavy (non-hydrogen) atoms. The summed E-state index contributed by atoms with van der Waals surface area (Å²) in [5.41, 5.74) is 3.20. The van der Waals surface area contributed by atoms with Crippen LogP contribution in [0.15, 0.2) is 47.8 Å². The number of nitrogens with zero attached hydrogens (tertiary/aromatic N) is 3. The molecule has 152 valence electrons. The number of aromatic nitrogens is 2. The summed E-state index contributed by atoms with van der Waals surface area (Å²) in [6.45, 7) is 7.62. The molecule has 1 amide bonds. The average molecular weight is 411 g/mol. The van der Waals surface area contributed by atoms with E-state index in [4.69, 9.17) is 4.74 Å². The molecule has 3 aromatic rings. The van der Waals surface area contributed by atoms with E-state index in [1.165, 1.54) is 4.88 Å². The number of benzene rings is 1. The van der Waals surface area contributed by atoms with Crippen LogP contribution in [-0.2, 0) is 4.74 Å². The number of hydrogen-bond donors (Lipinski definition) is 1. The van der Waals surface area contributed by atoms with Crippen LogP contribution >= 0.6 is 11.3 Å². The molecule has 0 unspecified atom stereocenters. The lowest BCUT2D eigenvalue weighted by atomic mass is 10.1. The minimum Gasteiger partial charge on any atom is -0.379 e. The van der Waals surface area contributed by atoms with E-state index in [2.05, 4.69) is 32.8 Å². The molecule has 1 aliphatic rings. The Kier molecular flexibility index (Phi) is 6.08. The molecule has 1 N–H and O–H groups in total. The van der Waals surface area contributed by atoms with Crippen LogP contribution in [0.2, 0.25) is 0 Å². The van der Waals surface area contributed by atoms with Gasteiger partial charge < -0.3 is 10.1 Å². The molecule has 1 atom stereocenters. The van der Waals surface area contributed by atoms with Crippen LogP contribution < -0.4 is 5.32 Å². The topological polar surface area (TPSA) is 59.4 Å². The van der Waals surface area contributed by atoms with Gasteiger partial charge in [-0.3, -0.25) is 9.69 Å². The summed E-state index contributed by atoms with van der Waals surface area (Å²) in [4.78, 5) is 16.7. The molecule has 2 aromatic heterocycles. The molecule has 0 aliphatic carbocycles. The third kappa shape index (κ3) is 4.27. The first-order valence-electron chi connectivity index (χ1n) is 9.90. The van der Waals surface area contributed by atoms with Crippen LogP contribution in [0, 0.1) is 13.8 Å². The van der Waals surface area contributed by atoms with Crippen molar-refractivity contribution >= 4 is 17.2 Å². The summed E-state index contributed by atoms with van der Waals surface area (Å²) in [6, 6.07) is 14.3. The Hall–Kier alpha value is -2.48. The van der Waals surface area contributed by atoms with Crippen molar-refractivity contribution in [1.82, 2.24) is 20.0 Å². The van der Waals surface area contributed by atoms with Crippen LogP contribution in [0.4, 0.5) is 0 Å². The normalized spacial score (nSPS) is 15.9. The summed E-state index contributed by atoms with van der Waals surface area (Å²) in [5, 5.41) is 9.85. The molecule has 0 bridgehead atoms. The highest BCUT2D eigenvalue weighted by molar-refractivity contribution is 7.10. The second-order valence-electron chi connectivity index (χ2n) is 7.18. The van der Waals surface area contributed by atoms with Crippen molar-refractivity contribution in [2.24, 2.45) is 0 Å². The van der Waals surface area contributed by atoms with Crippen molar-refractivity contribution in [3.8, 4) is 5.69 Å². The lowest BCUT2D eigenvalue weighted by molar-refractivity contribution is 0.0169. The van der Waals surface area contributed by atoms with Crippen molar-refractivity contribution in [2.45, 2.75) is 19.9 Å². The number of thiophene rings is 1. The van der Waals surface area contributed by atoms with Gasteiger partial charge in [0.15, 0.2) is 0 Å². The fourth-order valence-corrected chi connectivity index (χ4v) is 4.71. The quantitative estimate of drug-likeness (QED) is 0.677. The Bertz CT molecular complexity index is 947. The first-order chi connectivity index (χ1) is 14.1. The number of morpholine rings is 1. The minimum atomic E-state index is -0.0722. The van der Waals surface area contributed by atoms with Crippen molar-refractivity contribution in [3.63, 3.8) is 0 Å². The molecule has 1 aliphatic heterocycles. The van der Waals surface area contributed by atoms with Crippen molar-refractivity contribution in [3.05, 3.63) is 69.7 Å². The standard InChI is InChI=1S/C22H26N4O2S/c1-16-21(17(2)26(24-16)18-7-4-3-5-8-18)22(27)23-15-19(20-9-6-14-29-20)25-10-12-28-13-11-25/h3-9,14,19H,10-13,15H2,1-2H3,(H,23,27)/t19-/m1/s1. The summed E-state index contributed by atoms with van der Waals surface area (Å²) >= 11 is 1.73. The lowest BCUT2D eigenvalue weighted by Crippen LogP contribution is -2.43. The Morgan fingerprint density at radius 2 is 1.93 bits per heavy atom. The monoisotopic (exact) mass is 410 g/mol. The van der Waals surface area contributed by atoms with Crippen LogP contribution in [0.3, 0.4) is 0 Å². The Balaban J connectivity index is 1.52. The summed E-state index contributed by atoms with van der Waals surface area (Å²) < 4.78 is 7.34. The van der Waals surface area contributed by atoms with Gasteiger partial charge in [0.2, 0.25) is 0 Å². The van der Waals surface area contributed by atoms with Crippen molar-refractivity contribution < 1.29 is 9.53 Å². The maximum Gasteiger partial charge on any atom is 0.255 e. The number of amides is 1. The van der Waals surface area contributed by atoms with Gasteiger partial charge in [-0.15, -0.1) is 11.3 Å². The zero-order chi connectivity index (χ0) is 20.2. The van der Waals surface area contributed by atoms with Crippen LogP contribution in [0.25, 0.3) is 5.69 Å². The van der Waals surface area contributed by atoms with Crippen LogP contribution in [0.5, 0.6) is 0 Å². The molecule has 3 heterocycles. The maximum atomic E-state index is 13.1. The largest absolute Gasteiger partial charge is 0.379 e. The number of para-hydroxylation sites is 1. The molecule has 4 rings (SSSR count). The Labute approximate surface area is 175 Å². The van der Waals surface area contributed by atoms with Gasteiger partial charge in [-0.25, -0.2) is 4.68 Å². The number of hydrogen-bond acceptors (Lipinski definition) is 5. The second kappa shape index (κ2) is 8.90. The molecular weight excluding hydrogens is 384 g/mol. The predicted molar refractivity (Wildman–Crippen MR) is 115 cm³/mol. The first-order valence-corrected chi connectivity index (χ1v) is 10.8. The highest BCUT2D eigenvalue weighted by Gasteiger charge is 2.25. The molecular formula is C22H26N4O2S. The van der Waals surface area contributed by atoms with E-state index in [-0.39, 0.29) is 11.9 Å². The SMILES string of the molecule is Cc1nn(-c2ccccc2)c(C)c1C(=O)NC[C@H](c1cccs1)N1CCOCC1. The van der Waals surface area contributed by atoms with Gasteiger partial charge in [-0.2, -0.15) is 5.10 Å². The van der Waals surface area contributed by atoms with Gasteiger partial charge in [0.1, 0.15) is 0 Å². The second-order valence-corrected chi connectivity index (χ2v) is 8.16. The van der Waals surface area contributed by atoms with E-state index in [9.17, 15) is 4.79 Å². The molecule has 1 saturated heterocycles. The Morgan fingerprint density at radius 1 is 1.17 bits per heavy atom. The molecule has 7 heteroatoms. The number of aryl methyl sites for hydroxylation is 1. The summed E-state index contributed by atoms with van der Waals surface area (Å²) in [6.07, 6.45) is 0. The van der Waals surface area contributed by atoms with Gasteiger partial charge in [0, 0.05) is 24.5 Å². The highest BCUT2D eigenvalue weighted by atomic mass is 32.1. The van der Waals surface area contributed by atoms with Crippen LogP contribution in [-0.4, -0.2) is 53.4 Å².